The van der Waals surface area contributed by atoms with Gasteiger partial charge in [0, 0.05) is 21.2 Å². The molecule has 19 heavy (non-hydrogen) atoms. The first-order chi connectivity index (χ1) is 8.91. The Morgan fingerprint density at radius 3 is 1.63 bits per heavy atom. The van der Waals surface area contributed by atoms with Gasteiger partial charge in [0.15, 0.2) is 5.78 Å². The third-order valence-electron chi connectivity index (χ3n) is 2.95. The van der Waals surface area contributed by atoms with E-state index in [1.54, 1.807) is 0 Å². The molecule has 0 amide bonds. The fourth-order valence-electron chi connectivity index (χ4n) is 2.09. The molecule has 3 nitrogen and oxygen atoms in total. The van der Waals surface area contributed by atoms with Crippen LogP contribution in [0.15, 0.2) is 46.2 Å². The van der Waals surface area contributed by atoms with E-state index in [4.69, 9.17) is 23.2 Å². The molecule has 0 spiro atoms. The van der Waals surface area contributed by atoms with E-state index >= 15 is 0 Å². The van der Waals surface area contributed by atoms with E-state index in [2.05, 4.69) is 0 Å². The van der Waals surface area contributed by atoms with Gasteiger partial charge in [-0.3, -0.25) is 4.79 Å². The van der Waals surface area contributed by atoms with Crippen LogP contribution in [0.5, 0.6) is 0 Å². The van der Waals surface area contributed by atoms with Crippen molar-refractivity contribution >= 4 is 38.8 Å². The molecule has 0 aromatic heterocycles. The summed E-state index contributed by atoms with van der Waals surface area (Å²) in [4.78, 5) is 12.3. The summed E-state index contributed by atoms with van der Waals surface area (Å²) in [7, 11) is -3.71. The van der Waals surface area contributed by atoms with Crippen molar-refractivity contribution in [1.29, 1.82) is 0 Å². The molecule has 0 unspecified atom stereocenters. The maximum Gasteiger partial charge on any atom is 0.208 e. The predicted octanol–water partition coefficient (Wildman–Crippen LogP) is 3.37. The zero-order chi connectivity index (χ0) is 13.8. The molecule has 6 heteroatoms. The Morgan fingerprint density at radius 1 is 0.789 bits per heavy atom. The number of rotatable bonds is 0. The van der Waals surface area contributed by atoms with E-state index in [1.807, 2.05) is 0 Å². The lowest BCUT2D eigenvalue weighted by atomic mass is 10.0. The lowest BCUT2D eigenvalue weighted by Gasteiger charge is -2.18. The number of hydrogen-bond donors (Lipinski definition) is 0. The number of benzene rings is 2. The molecule has 0 radical (unpaired) electrons. The highest BCUT2D eigenvalue weighted by atomic mass is 35.5. The summed E-state index contributed by atoms with van der Waals surface area (Å²) in [5, 5.41) is 0.626. The Kier molecular flexibility index (Phi) is 2.71. The minimum Gasteiger partial charge on any atom is -0.289 e. The van der Waals surface area contributed by atoms with Crippen molar-refractivity contribution < 1.29 is 13.2 Å². The number of halogens is 2. The standard InChI is InChI=1S/C13H6Cl2O3S/c14-7-1-3-11-9(5-7)13(16)10-6-8(15)2-4-12(10)19(11,17)18/h1-6H. The second-order valence-electron chi connectivity index (χ2n) is 4.11. The molecule has 3 rings (SSSR count). The second-order valence-corrected chi connectivity index (χ2v) is 6.87. The van der Waals surface area contributed by atoms with Crippen LogP contribution in [0.4, 0.5) is 0 Å². The van der Waals surface area contributed by atoms with Crippen molar-refractivity contribution in [2.45, 2.75) is 9.79 Å². The van der Waals surface area contributed by atoms with Gasteiger partial charge in [0.1, 0.15) is 0 Å². The third-order valence-corrected chi connectivity index (χ3v) is 5.29. The Balaban J connectivity index is 2.43. The van der Waals surface area contributed by atoms with E-state index in [9.17, 15) is 13.2 Å². The van der Waals surface area contributed by atoms with Gasteiger partial charge in [0.25, 0.3) is 0 Å². The Morgan fingerprint density at radius 2 is 1.21 bits per heavy atom. The Labute approximate surface area is 119 Å². The molecule has 96 valence electrons. The first-order valence-corrected chi connectivity index (χ1v) is 7.54. The number of sulfone groups is 1. The molecule has 0 aliphatic carbocycles. The van der Waals surface area contributed by atoms with Gasteiger partial charge in [0.05, 0.1) is 9.79 Å². The molecular formula is C13H6Cl2O3S. The Hall–Kier alpha value is -1.36. The average molecular weight is 313 g/mol. The average Bonchev–Trinajstić information content (AvgIpc) is 2.35. The number of carbonyl (C=O) groups excluding carboxylic acids is 1. The number of carbonyl (C=O) groups is 1. The van der Waals surface area contributed by atoms with Gasteiger partial charge >= 0.3 is 0 Å². The van der Waals surface area contributed by atoms with Gasteiger partial charge in [-0.25, -0.2) is 8.42 Å². The van der Waals surface area contributed by atoms with E-state index in [1.165, 1.54) is 36.4 Å². The van der Waals surface area contributed by atoms with Crippen LogP contribution in [0.25, 0.3) is 0 Å². The smallest absolute Gasteiger partial charge is 0.208 e. The summed E-state index contributed by atoms with van der Waals surface area (Å²) < 4.78 is 24.9. The summed E-state index contributed by atoms with van der Waals surface area (Å²) in [5.74, 6) is -0.384. The van der Waals surface area contributed by atoms with Crippen molar-refractivity contribution in [2.24, 2.45) is 0 Å². The van der Waals surface area contributed by atoms with Gasteiger partial charge in [-0.2, -0.15) is 0 Å². The Bertz CT molecular complexity index is 764. The van der Waals surface area contributed by atoms with Crippen LogP contribution in [0.2, 0.25) is 10.0 Å². The summed E-state index contributed by atoms with van der Waals surface area (Å²) in [5.41, 5.74) is 0.171. The van der Waals surface area contributed by atoms with E-state index < -0.39 is 9.84 Å². The first kappa shape index (κ1) is 12.7. The number of fused-ring (bicyclic) bond motifs is 2. The largest absolute Gasteiger partial charge is 0.289 e. The van der Waals surface area contributed by atoms with Crippen LogP contribution in [0.1, 0.15) is 15.9 Å². The molecule has 2 aromatic rings. The van der Waals surface area contributed by atoms with Crippen molar-refractivity contribution in [3.63, 3.8) is 0 Å². The molecule has 0 atom stereocenters. The normalized spacial score (nSPS) is 15.8. The molecule has 0 saturated carbocycles. The van der Waals surface area contributed by atoms with Gasteiger partial charge < -0.3 is 0 Å². The lowest BCUT2D eigenvalue weighted by Crippen LogP contribution is -2.20. The van der Waals surface area contributed by atoms with Gasteiger partial charge in [-0.1, -0.05) is 23.2 Å². The van der Waals surface area contributed by atoms with Gasteiger partial charge in [-0.05, 0) is 36.4 Å². The van der Waals surface area contributed by atoms with Crippen LogP contribution in [-0.4, -0.2) is 14.2 Å². The molecule has 0 saturated heterocycles. The second kappa shape index (κ2) is 4.07. The molecular weight excluding hydrogens is 307 g/mol. The van der Waals surface area contributed by atoms with Crippen LogP contribution in [-0.2, 0) is 9.84 Å². The minimum atomic E-state index is -3.71. The topological polar surface area (TPSA) is 51.2 Å². The highest BCUT2D eigenvalue weighted by Gasteiger charge is 2.34. The molecule has 0 bridgehead atoms. The van der Waals surface area contributed by atoms with Crippen molar-refractivity contribution in [1.82, 2.24) is 0 Å². The highest BCUT2D eigenvalue weighted by Crippen LogP contribution is 2.36. The van der Waals surface area contributed by atoms with Crippen LogP contribution in [0.3, 0.4) is 0 Å². The van der Waals surface area contributed by atoms with E-state index in [-0.39, 0.29) is 26.7 Å². The molecule has 2 aromatic carbocycles. The molecule has 1 aliphatic heterocycles. The third kappa shape index (κ3) is 1.79. The fourth-order valence-corrected chi connectivity index (χ4v) is 4.05. The zero-order valence-electron chi connectivity index (χ0n) is 9.35. The van der Waals surface area contributed by atoms with Gasteiger partial charge in [0.2, 0.25) is 9.84 Å². The molecule has 1 aliphatic rings. The van der Waals surface area contributed by atoms with Crippen LogP contribution in [0, 0.1) is 0 Å². The zero-order valence-corrected chi connectivity index (χ0v) is 11.7. The SMILES string of the molecule is O=C1c2cc(Cl)ccc2S(=O)(=O)c2ccc(Cl)cc21. The van der Waals surface area contributed by atoms with Gasteiger partial charge in [-0.15, -0.1) is 0 Å². The molecule has 0 N–H and O–H groups in total. The predicted molar refractivity (Wildman–Crippen MR) is 71.8 cm³/mol. The quantitative estimate of drug-likeness (QED) is 0.639. The van der Waals surface area contributed by atoms with Crippen LogP contribution >= 0.6 is 23.2 Å². The summed E-state index contributed by atoms with van der Waals surface area (Å²) in [6.45, 7) is 0. The summed E-state index contributed by atoms with van der Waals surface area (Å²) in [6.07, 6.45) is 0. The molecule has 0 fully saturated rings. The number of hydrogen-bond acceptors (Lipinski definition) is 3. The van der Waals surface area contributed by atoms with E-state index in [0.717, 1.165) is 0 Å². The highest BCUT2D eigenvalue weighted by molar-refractivity contribution is 7.91. The number of ketones is 1. The minimum absolute atomic E-state index is 0.0169. The summed E-state index contributed by atoms with van der Waals surface area (Å²) in [6, 6.07) is 8.32. The van der Waals surface area contributed by atoms with Crippen molar-refractivity contribution in [3.05, 3.63) is 57.6 Å². The fraction of sp³-hybridized carbons (Fsp3) is 0. The van der Waals surface area contributed by atoms with Crippen LogP contribution < -0.4 is 0 Å². The maximum absolute atomic E-state index is 12.4. The first-order valence-electron chi connectivity index (χ1n) is 5.30. The van der Waals surface area contributed by atoms with Crippen molar-refractivity contribution in [2.75, 3.05) is 0 Å². The molecule has 1 heterocycles. The van der Waals surface area contributed by atoms with Crippen molar-refractivity contribution in [3.8, 4) is 0 Å². The summed E-state index contributed by atoms with van der Waals surface area (Å²) >= 11 is 11.6. The monoisotopic (exact) mass is 312 g/mol. The van der Waals surface area contributed by atoms with E-state index in [0.29, 0.717) is 10.0 Å². The maximum atomic E-state index is 12.4. The lowest BCUT2D eigenvalue weighted by molar-refractivity contribution is 0.103.